The van der Waals surface area contributed by atoms with E-state index < -0.39 is 0 Å². The van der Waals surface area contributed by atoms with Crippen LogP contribution in [0, 0.1) is 11.3 Å². The van der Waals surface area contributed by atoms with Gasteiger partial charge in [0.25, 0.3) is 0 Å². The van der Waals surface area contributed by atoms with Crippen molar-refractivity contribution in [1.82, 2.24) is 0 Å². The Bertz CT molecular complexity index is 128. The molecule has 0 amide bonds. The van der Waals surface area contributed by atoms with Crippen LogP contribution in [0.25, 0.3) is 0 Å². The SMILES string of the molecule is CC(C)(C)[C@H]1CCOC[C@H]1N. The van der Waals surface area contributed by atoms with Gasteiger partial charge in [-0.05, 0) is 17.8 Å². The molecule has 1 aliphatic heterocycles. The Kier molecular flexibility index (Phi) is 2.55. The van der Waals surface area contributed by atoms with Crippen molar-refractivity contribution in [2.24, 2.45) is 17.1 Å². The van der Waals surface area contributed by atoms with E-state index in [1.807, 2.05) is 0 Å². The van der Waals surface area contributed by atoms with Crippen molar-refractivity contribution in [2.45, 2.75) is 33.2 Å². The van der Waals surface area contributed by atoms with E-state index in [1.54, 1.807) is 0 Å². The Balaban J connectivity index is 2.55. The third-order valence-corrected chi connectivity index (χ3v) is 2.51. The quantitative estimate of drug-likeness (QED) is 0.577. The topological polar surface area (TPSA) is 35.2 Å². The lowest BCUT2D eigenvalue weighted by atomic mass is 9.74. The molecule has 2 nitrogen and oxygen atoms in total. The van der Waals surface area contributed by atoms with Crippen molar-refractivity contribution < 1.29 is 4.74 Å². The molecule has 1 fully saturated rings. The van der Waals surface area contributed by atoms with Crippen molar-refractivity contribution in [3.63, 3.8) is 0 Å². The molecule has 0 aromatic carbocycles. The lowest BCUT2D eigenvalue weighted by Crippen LogP contribution is -2.45. The van der Waals surface area contributed by atoms with Crippen molar-refractivity contribution >= 4 is 0 Å². The maximum absolute atomic E-state index is 5.94. The van der Waals surface area contributed by atoms with Crippen molar-refractivity contribution in [1.29, 1.82) is 0 Å². The molecule has 0 unspecified atom stereocenters. The van der Waals surface area contributed by atoms with Crippen LogP contribution in [0.4, 0.5) is 0 Å². The zero-order chi connectivity index (χ0) is 8.48. The van der Waals surface area contributed by atoms with Gasteiger partial charge in [-0.1, -0.05) is 20.8 Å². The second-order valence-corrected chi connectivity index (χ2v) is 4.50. The smallest absolute Gasteiger partial charge is 0.0620 e. The summed E-state index contributed by atoms with van der Waals surface area (Å²) in [5.74, 6) is 0.622. The summed E-state index contributed by atoms with van der Waals surface area (Å²) in [6, 6.07) is 0.240. The molecular formula is C9H19NO. The van der Waals surface area contributed by atoms with Crippen molar-refractivity contribution in [3.8, 4) is 0 Å². The Morgan fingerprint density at radius 2 is 2.00 bits per heavy atom. The predicted molar refractivity (Wildman–Crippen MR) is 46.4 cm³/mol. The van der Waals surface area contributed by atoms with Crippen molar-refractivity contribution in [2.75, 3.05) is 13.2 Å². The van der Waals surface area contributed by atoms with E-state index in [0.29, 0.717) is 11.3 Å². The van der Waals surface area contributed by atoms with E-state index in [0.717, 1.165) is 19.6 Å². The van der Waals surface area contributed by atoms with Crippen LogP contribution in [0.2, 0.25) is 0 Å². The highest BCUT2D eigenvalue weighted by atomic mass is 16.5. The zero-order valence-electron chi connectivity index (χ0n) is 7.76. The molecule has 0 bridgehead atoms. The first kappa shape index (κ1) is 9.01. The van der Waals surface area contributed by atoms with Gasteiger partial charge < -0.3 is 10.5 Å². The van der Waals surface area contributed by atoms with Crippen LogP contribution < -0.4 is 5.73 Å². The predicted octanol–water partition coefficient (Wildman–Crippen LogP) is 1.40. The highest BCUT2D eigenvalue weighted by Crippen LogP contribution is 2.32. The van der Waals surface area contributed by atoms with Crippen LogP contribution in [0.3, 0.4) is 0 Å². The fraction of sp³-hybridized carbons (Fsp3) is 1.00. The van der Waals surface area contributed by atoms with E-state index in [9.17, 15) is 0 Å². The standard InChI is InChI=1S/C9H19NO/c1-9(2,3)7-4-5-11-6-8(7)10/h7-8H,4-6,10H2,1-3H3/t7-,8+/m0/s1. The minimum absolute atomic E-state index is 0.240. The second-order valence-electron chi connectivity index (χ2n) is 4.50. The normalized spacial score (nSPS) is 33.8. The molecular weight excluding hydrogens is 138 g/mol. The Hall–Kier alpha value is -0.0800. The fourth-order valence-electron chi connectivity index (χ4n) is 1.84. The van der Waals surface area contributed by atoms with Crippen LogP contribution in [-0.2, 0) is 4.74 Å². The molecule has 0 saturated carbocycles. The van der Waals surface area contributed by atoms with Gasteiger partial charge in [0.15, 0.2) is 0 Å². The molecule has 1 aliphatic rings. The van der Waals surface area contributed by atoms with Crippen LogP contribution in [-0.4, -0.2) is 19.3 Å². The third-order valence-electron chi connectivity index (χ3n) is 2.51. The Morgan fingerprint density at radius 1 is 1.36 bits per heavy atom. The van der Waals surface area contributed by atoms with Gasteiger partial charge in [0.2, 0.25) is 0 Å². The average molecular weight is 157 g/mol. The van der Waals surface area contributed by atoms with Gasteiger partial charge >= 0.3 is 0 Å². The fourth-order valence-corrected chi connectivity index (χ4v) is 1.84. The first-order valence-electron chi connectivity index (χ1n) is 4.35. The first-order chi connectivity index (χ1) is 5.02. The van der Waals surface area contributed by atoms with Gasteiger partial charge in [-0.15, -0.1) is 0 Å². The lowest BCUT2D eigenvalue weighted by molar-refractivity contribution is 0.0108. The van der Waals surface area contributed by atoms with Crippen molar-refractivity contribution in [3.05, 3.63) is 0 Å². The minimum Gasteiger partial charge on any atom is -0.380 e. The summed E-state index contributed by atoms with van der Waals surface area (Å²) < 4.78 is 5.28. The van der Waals surface area contributed by atoms with Gasteiger partial charge in [-0.25, -0.2) is 0 Å². The van der Waals surface area contributed by atoms with Gasteiger partial charge in [-0.3, -0.25) is 0 Å². The molecule has 2 heteroatoms. The summed E-state index contributed by atoms with van der Waals surface area (Å²) in [5, 5.41) is 0. The van der Waals surface area contributed by atoms with Gasteiger partial charge in [-0.2, -0.15) is 0 Å². The Labute approximate surface area is 69.1 Å². The molecule has 0 radical (unpaired) electrons. The summed E-state index contributed by atoms with van der Waals surface area (Å²) in [6.07, 6.45) is 1.12. The van der Waals surface area contributed by atoms with Gasteiger partial charge in [0.1, 0.15) is 0 Å². The molecule has 0 aliphatic carbocycles. The number of rotatable bonds is 0. The summed E-state index contributed by atoms with van der Waals surface area (Å²) in [7, 11) is 0. The Morgan fingerprint density at radius 3 is 2.36 bits per heavy atom. The summed E-state index contributed by atoms with van der Waals surface area (Å²) in [4.78, 5) is 0. The number of ether oxygens (including phenoxy) is 1. The number of nitrogens with two attached hydrogens (primary N) is 1. The molecule has 11 heavy (non-hydrogen) atoms. The molecule has 1 rings (SSSR count). The average Bonchev–Trinajstić information content (AvgIpc) is 1.86. The van der Waals surface area contributed by atoms with Gasteiger partial charge in [0, 0.05) is 12.6 Å². The maximum Gasteiger partial charge on any atom is 0.0620 e. The van der Waals surface area contributed by atoms with E-state index in [4.69, 9.17) is 10.5 Å². The van der Waals surface area contributed by atoms with E-state index in [-0.39, 0.29) is 6.04 Å². The van der Waals surface area contributed by atoms with E-state index >= 15 is 0 Å². The largest absolute Gasteiger partial charge is 0.380 e. The maximum atomic E-state index is 5.94. The number of hydrogen-bond donors (Lipinski definition) is 1. The lowest BCUT2D eigenvalue weighted by Gasteiger charge is -2.38. The molecule has 0 spiro atoms. The molecule has 1 heterocycles. The molecule has 66 valence electrons. The number of hydrogen-bond acceptors (Lipinski definition) is 2. The summed E-state index contributed by atoms with van der Waals surface area (Å²) in [6.45, 7) is 8.38. The minimum atomic E-state index is 0.240. The van der Waals surface area contributed by atoms with Gasteiger partial charge in [0.05, 0.1) is 6.61 Å². The van der Waals surface area contributed by atoms with E-state index in [2.05, 4.69) is 20.8 Å². The second kappa shape index (κ2) is 3.11. The molecule has 0 aromatic rings. The summed E-state index contributed by atoms with van der Waals surface area (Å²) >= 11 is 0. The highest BCUT2D eigenvalue weighted by Gasteiger charge is 2.32. The molecule has 1 saturated heterocycles. The molecule has 2 atom stereocenters. The first-order valence-corrected chi connectivity index (χ1v) is 4.35. The molecule has 0 aromatic heterocycles. The monoisotopic (exact) mass is 157 g/mol. The summed E-state index contributed by atoms with van der Waals surface area (Å²) in [5.41, 5.74) is 6.28. The molecule has 2 N–H and O–H groups in total. The highest BCUT2D eigenvalue weighted by molar-refractivity contribution is 4.84. The van der Waals surface area contributed by atoms with E-state index in [1.165, 1.54) is 0 Å². The van der Waals surface area contributed by atoms with Crippen LogP contribution in [0.5, 0.6) is 0 Å². The van der Waals surface area contributed by atoms with Crippen LogP contribution in [0.1, 0.15) is 27.2 Å². The van der Waals surface area contributed by atoms with Crippen LogP contribution >= 0.6 is 0 Å². The van der Waals surface area contributed by atoms with Crippen LogP contribution in [0.15, 0.2) is 0 Å². The zero-order valence-corrected chi connectivity index (χ0v) is 7.76. The third kappa shape index (κ3) is 2.17.